The smallest absolute Gasteiger partial charge is 0.331 e. The molecule has 0 rings (SSSR count). The predicted octanol–water partition coefficient (Wildman–Crippen LogP) is -0.333. The van der Waals surface area contributed by atoms with Crippen molar-refractivity contribution in [2.24, 2.45) is 5.73 Å². The fraction of sp³-hybridized carbons (Fsp3) is 0.250. The first kappa shape index (κ1) is 13.9. The highest BCUT2D eigenvalue weighted by Gasteiger charge is 1.99. The van der Waals surface area contributed by atoms with Gasteiger partial charge in [-0.3, -0.25) is 4.79 Å². The number of rotatable bonds is 4. The Hall–Kier alpha value is -1.62. The van der Waals surface area contributed by atoms with Crippen LogP contribution in [0.4, 0.5) is 0 Å². The van der Waals surface area contributed by atoms with Crippen LogP contribution in [0.5, 0.6) is 0 Å². The van der Waals surface area contributed by atoms with Crippen LogP contribution < -0.4 is 5.73 Å². The molecule has 0 heterocycles. The monoisotopic (exact) mass is 187 g/mol. The van der Waals surface area contributed by atoms with Gasteiger partial charge in [-0.15, -0.1) is 0 Å². The second kappa shape index (κ2) is 8.48. The molecular weight excluding hydrogens is 174 g/mol. The molecule has 0 aliphatic carbocycles. The average molecular weight is 187 g/mol. The van der Waals surface area contributed by atoms with Crippen LogP contribution in [0.3, 0.4) is 0 Å². The van der Waals surface area contributed by atoms with Gasteiger partial charge in [-0.2, -0.15) is 0 Å². The van der Waals surface area contributed by atoms with Crippen LogP contribution in [0.25, 0.3) is 0 Å². The predicted molar refractivity (Wildman–Crippen MR) is 47.9 cm³/mol. The van der Waals surface area contributed by atoms with Gasteiger partial charge in [-0.1, -0.05) is 13.2 Å². The molecule has 0 radical (unpaired) electrons. The maximum absolute atomic E-state index is 9.88. The minimum Gasteiger partial charge on any atom is -0.478 e. The summed E-state index contributed by atoms with van der Waals surface area (Å²) >= 11 is 0. The molecule has 0 saturated heterocycles. The Bertz CT molecular complexity index is 210. The zero-order chi connectivity index (χ0) is 10.9. The molecule has 0 saturated carbocycles. The summed E-state index contributed by atoms with van der Waals surface area (Å²) in [6, 6.07) is 0. The van der Waals surface area contributed by atoms with Crippen LogP contribution >= 0.6 is 0 Å². The standard InChI is InChI=1S/C5H8O3.C3H5NO/c1-4(2-3-6)5(7)8;1-2-3(4)5/h6H,1-3H2,(H,7,8);2H,1H2,(H2,4,5). The molecule has 0 bridgehead atoms. The Morgan fingerprint density at radius 1 is 1.46 bits per heavy atom. The maximum Gasteiger partial charge on any atom is 0.331 e. The van der Waals surface area contributed by atoms with Crippen molar-refractivity contribution in [1.82, 2.24) is 0 Å². The van der Waals surface area contributed by atoms with E-state index in [0.717, 1.165) is 6.08 Å². The van der Waals surface area contributed by atoms with E-state index in [1.807, 2.05) is 0 Å². The zero-order valence-corrected chi connectivity index (χ0v) is 7.19. The van der Waals surface area contributed by atoms with Gasteiger partial charge in [0.25, 0.3) is 0 Å². The second-order valence-electron chi connectivity index (χ2n) is 1.99. The fourth-order valence-corrected chi connectivity index (χ4v) is 0.242. The van der Waals surface area contributed by atoms with Crippen molar-refractivity contribution in [3.63, 3.8) is 0 Å². The number of hydrogen-bond acceptors (Lipinski definition) is 3. The van der Waals surface area contributed by atoms with Gasteiger partial charge in [0.15, 0.2) is 0 Å². The molecule has 0 aromatic rings. The van der Waals surface area contributed by atoms with Crippen molar-refractivity contribution in [3.05, 3.63) is 24.8 Å². The van der Waals surface area contributed by atoms with Gasteiger partial charge in [0, 0.05) is 18.6 Å². The molecule has 0 unspecified atom stereocenters. The van der Waals surface area contributed by atoms with Crippen LogP contribution in [0.1, 0.15) is 6.42 Å². The van der Waals surface area contributed by atoms with Crippen LogP contribution in [0.15, 0.2) is 24.8 Å². The Morgan fingerprint density at radius 3 is 1.92 bits per heavy atom. The number of nitrogens with two attached hydrogens (primary N) is 1. The van der Waals surface area contributed by atoms with E-state index in [4.69, 9.17) is 10.2 Å². The third-order valence-corrected chi connectivity index (χ3v) is 0.917. The van der Waals surface area contributed by atoms with Crippen molar-refractivity contribution in [2.45, 2.75) is 6.42 Å². The molecule has 0 fully saturated rings. The van der Waals surface area contributed by atoms with E-state index in [9.17, 15) is 9.59 Å². The van der Waals surface area contributed by atoms with Crippen molar-refractivity contribution in [2.75, 3.05) is 6.61 Å². The van der Waals surface area contributed by atoms with Gasteiger partial charge >= 0.3 is 5.97 Å². The van der Waals surface area contributed by atoms with Crippen LogP contribution in [0, 0.1) is 0 Å². The zero-order valence-electron chi connectivity index (χ0n) is 7.19. The van der Waals surface area contributed by atoms with E-state index in [1.54, 1.807) is 0 Å². The number of hydrogen-bond donors (Lipinski definition) is 3. The summed E-state index contributed by atoms with van der Waals surface area (Å²) in [5.41, 5.74) is 4.58. The van der Waals surface area contributed by atoms with Gasteiger partial charge in [-0.05, 0) is 6.08 Å². The lowest BCUT2D eigenvalue weighted by atomic mass is 10.2. The first-order valence-corrected chi connectivity index (χ1v) is 3.39. The average Bonchev–Trinajstić information content (AvgIpc) is 2.06. The molecule has 0 aromatic carbocycles. The number of aliphatic carboxylic acids is 1. The Labute approximate surface area is 76.2 Å². The Kier molecular flexibility index (Phi) is 9.09. The number of carboxylic acid groups (broad SMARTS) is 1. The first-order chi connectivity index (χ1) is 5.95. The van der Waals surface area contributed by atoms with Gasteiger partial charge in [0.1, 0.15) is 0 Å². The van der Waals surface area contributed by atoms with Gasteiger partial charge < -0.3 is 15.9 Å². The minimum atomic E-state index is -1.04. The quantitative estimate of drug-likeness (QED) is 0.524. The highest BCUT2D eigenvalue weighted by Crippen LogP contribution is 1.94. The fourth-order valence-electron chi connectivity index (χ4n) is 0.242. The number of carbonyl (C=O) groups is 2. The van der Waals surface area contributed by atoms with Crippen molar-refractivity contribution >= 4 is 11.9 Å². The summed E-state index contributed by atoms with van der Waals surface area (Å²) in [6.45, 7) is 6.12. The number of primary amides is 1. The van der Waals surface area contributed by atoms with Crippen LogP contribution in [0.2, 0.25) is 0 Å². The van der Waals surface area contributed by atoms with Crippen molar-refractivity contribution in [3.8, 4) is 0 Å². The maximum atomic E-state index is 9.88. The van der Waals surface area contributed by atoms with Gasteiger partial charge in [0.05, 0.1) is 0 Å². The van der Waals surface area contributed by atoms with E-state index < -0.39 is 11.9 Å². The summed E-state index contributed by atoms with van der Waals surface area (Å²) in [4.78, 5) is 19.4. The molecule has 5 nitrogen and oxygen atoms in total. The molecule has 0 atom stereocenters. The summed E-state index contributed by atoms with van der Waals surface area (Å²) in [6.07, 6.45) is 1.20. The molecule has 5 heteroatoms. The van der Waals surface area contributed by atoms with Gasteiger partial charge in [0.2, 0.25) is 5.91 Å². The van der Waals surface area contributed by atoms with Crippen LogP contribution in [-0.4, -0.2) is 28.7 Å². The summed E-state index contributed by atoms with van der Waals surface area (Å²) in [5, 5.41) is 16.3. The van der Waals surface area contributed by atoms with Gasteiger partial charge in [-0.25, -0.2) is 4.79 Å². The molecule has 0 aromatic heterocycles. The Balaban J connectivity index is 0. The molecule has 0 aliphatic rings. The topological polar surface area (TPSA) is 101 Å². The third kappa shape index (κ3) is 13.4. The van der Waals surface area contributed by atoms with E-state index in [0.29, 0.717) is 0 Å². The molecule has 74 valence electrons. The number of aliphatic hydroxyl groups is 1. The van der Waals surface area contributed by atoms with E-state index in [-0.39, 0.29) is 18.6 Å². The number of carbonyl (C=O) groups excluding carboxylic acids is 1. The molecular formula is C8H13NO4. The number of aliphatic hydroxyl groups excluding tert-OH is 1. The third-order valence-electron chi connectivity index (χ3n) is 0.917. The minimum absolute atomic E-state index is 0.0486. The number of amides is 1. The second-order valence-corrected chi connectivity index (χ2v) is 1.99. The van der Waals surface area contributed by atoms with Crippen LogP contribution in [-0.2, 0) is 9.59 Å². The largest absolute Gasteiger partial charge is 0.478 e. The molecule has 13 heavy (non-hydrogen) atoms. The first-order valence-electron chi connectivity index (χ1n) is 3.39. The van der Waals surface area contributed by atoms with Crippen molar-refractivity contribution < 1.29 is 19.8 Å². The molecule has 0 aliphatic heterocycles. The normalized spacial score (nSPS) is 7.77. The van der Waals surface area contributed by atoms with E-state index in [2.05, 4.69) is 18.9 Å². The summed E-state index contributed by atoms with van der Waals surface area (Å²) in [5.74, 6) is -1.52. The molecule has 0 spiro atoms. The SMILES string of the molecule is C=C(CCO)C(=O)O.C=CC(N)=O. The number of carboxylic acids is 1. The molecule has 1 amide bonds. The molecule has 4 N–H and O–H groups in total. The Morgan fingerprint density at radius 2 is 1.85 bits per heavy atom. The summed E-state index contributed by atoms with van der Waals surface area (Å²) < 4.78 is 0. The summed E-state index contributed by atoms with van der Waals surface area (Å²) in [7, 11) is 0. The lowest BCUT2D eigenvalue weighted by Crippen LogP contribution is -2.04. The lowest BCUT2D eigenvalue weighted by molar-refractivity contribution is -0.132. The highest BCUT2D eigenvalue weighted by atomic mass is 16.4. The van der Waals surface area contributed by atoms with E-state index >= 15 is 0 Å². The highest BCUT2D eigenvalue weighted by molar-refractivity contribution is 5.85. The van der Waals surface area contributed by atoms with E-state index in [1.165, 1.54) is 0 Å². The lowest BCUT2D eigenvalue weighted by Gasteiger charge is -1.91. The van der Waals surface area contributed by atoms with Crippen molar-refractivity contribution in [1.29, 1.82) is 0 Å².